The molecule has 1 unspecified atom stereocenters. The molecular weight excluding hydrogens is 364 g/mol. The van der Waals surface area contributed by atoms with Gasteiger partial charge in [0.15, 0.2) is 0 Å². The van der Waals surface area contributed by atoms with Crippen molar-refractivity contribution in [2.45, 2.75) is 12.5 Å². The molecular formula is C24H26N2O3. The standard InChI is InChI=1S/C24H26N2O3/c27-20(16-19-8-5-7-18-6-1-2-9-21(18)19)17-25-12-14-26(15-13-25)23-11-4-3-10-22(23)24(28)29/h1-11,20,27H,12-17H2,(H,28,29). The van der Waals surface area contributed by atoms with Gasteiger partial charge in [0.05, 0.1) is 17.4 Å². The van der Waals surface area contributed by atoms with Crippen molar-refractivity contribution in [3.05, 3.63) is 77.9 Å². The molecule has 2 N–H and O–H groups in total. The highest BCUT2D eigenvalue weighted by Crippen LogP contribution is 2.23. The number of piperazine rings is 1. The summed E-state index contributed by atoms with van der Waals surface area (Å²) in [6, 6.07) is 21.7. The zero-order valence-electron chi connectivity index (χ0n) is 16.4. The van der Waals surface area contributed by atoms with E-state index in [-0.39, 0.29) is 0 Å². The molecule has 150 valence electrons. The van der Waals surface area contributed by atoms with Gasteiger partial charge in [0.2, 0.25) is 0 Å². The number of nitrogens with zero attached hydrogens (tertiary/aromatic N) is 2. The van der Waals surface area contributed by atoms with Crippen LogP contribution >= 0.6 is 0 Å². The predicted octanol–water partition coefficient (Wildman–Crippen LogP) is 3.26. The van der Waals surface area contributed by atoms with E-state index >= 15 is 0 Å². The molecule has 3 aromatic rings. The number of hydrogen-bond acceptors (Lipinski definition) is 4. The molecule has 1 heterocycles. The van der Waals surface area contributed by atoms with Crippen molar-refractivity contribution >= 4 is 22.4 Å². The molecule has 1 fully saturated rings. The Morgan fingerprint density at radius 2 is 1.59 bits per heavy atom. The monoisotopic (exact) mass is 390 g/mol. The molecule has 0 radical (unpaired) electrons. The molecule has 3 aromatic carbocycles. The Morgan fingerprint density at radius 3 is 2.38 bits per heavy atom. The highest BCUT2D eigenvalue weighted by molar-refractivity contribution is 5.94. The van der Waals surface area contributed by atoms with E-state index in [9.17, 15) is 15.0 Å². The Balaban J connectivity index is 1.36. The first kappa shape index (κ1) is 19.4. The van der Waals surface area contributed by atoms with Gasteiger partial charge < -0.3 is 15.1 Å². The Morgan fingerprint density at radius 1 is 0.897 bits per heavy atom. The van der Waals surface area contributed by atoms with Crippen LogP contribution in [0.1, 0.15) is 15.9 Å². The summed E-state index contributed by atoms with van der Waals surface area (Å²) in [4.78, 5) is 15.9. The van der Waals surface area contributed by atoms with Gasteiger partial charge in [0.1, 0.15) is 0 Å². The van der Waals surface area contributed by atoms with Crippen LogP contribution in [0.5, 0.6) is 0 Å². The van der Waals surface area contributed by atoms with Crippen molar-refractivity contribution in [3.63, 3.8) is 0 Å². The Labute approximate surface area is 170 Å². The van der Waals surface area contributed by atoms with Gasteiger partial charge in [0.25, 0.3) is 0 Å². The highest BCUT2D eigenvalue weighted by atomic mass is 16.4. The van der Waals surface area contributed by atoms with Crippen molar-refractivity contribution in [1.82, 2.24) is 4.90 Å². The minimum Gasteiger partial charge on any atom is -0.478 e. The van der Waals surface area contributed by atoms with Gasteiger partial charge in [-0.05, 0) is 28.5 Å². The van der Waals surface area contributed by atoms with E-state index in [0.717, 1.165) is 31.9 Å². The first-order valence-corrected chi connectivity index (χ1v) is 10.1. The number of hydrogen-bond donors (Lipinski definition) is 2. The van der Waals surface area contributed by atoms with Crippen LogP contribution in [0, 0.1) is 0 Å². The molecule has 0 spiro atoms. The van der Waals surface area contributed by atoms with Gasteiger partial charge >= 0.3 is 5.97 Å². The SMILES string of the molecule is O=C(O)c1ccccc1N1CCN(CC(O)Cc2cccc3ccccc23)CC1. The van der Waals surface area contributed by atoms with Crippen LogP contribution in [-0.4, -0.2) is 59.9 Å². The first-order valence-electron chi connectivity index (χ1n) is 10.1. The maximum Gasteiger partial charge on any atom is 0.337 e. The topological polar surface area (TPSA) is 64.0 Å². The number of benzene rings is 3. The van der Waals surface area contributed by atoms with E-state index in [2.05, 4.69) is 34.1 Å². The maximum atomic E-state index is 11.5. The molecule has 0 aromatic heterocycles. The molecule has 0 saturated carbocycles. The molecule has 0 bridgehead atoms. The largest absolute Gasteiger partial charge is 0.478 e. The number of aliphatic hydroxyl groups excluding tert-OH is 1. The van der Waals surface area contributed by atoms with Crippen molar-refractivity contribution < 1.29 is 15.0 Å². The van der Waals surface area contributed by atoms with Crippen LogP contribution in [0.15, 0.2) is 66.7 Å². The third-order valence-corrected chi connectivity index (χ3v) is 5.65. The fraction of sp³-hybridized carbons (Fsp3) is 0.292. The number of rotatable bonds is 6. The predicted molar refractivity (Wildman–Crippen MR) is 116 cm³/mol. The van der Waals surface area contributed by atoms with Crippen molar-refractivity contribution in [1.29, 1.82) is 0 Å². The Bertz CT molecular complexity index is 991. The third kappa shape index (κ3) is 4.42. The van der Waals surface area contributed by atoms with E-state index in [1.165, 1.54) is 16.3 Å². The molecule has 0 aliphatic carbocycles. The number of anilines is 1. The molecule has 0 amide bonds. The second kappa shape index (κ2) is 8.64. The number of para-hydroxylation sites is 1. The first-order chi connectivity index (χ1) is 14.1. The lowest BCUT2D eigenvalue weighted by molar-refractivity contribution is 0.0697. The number of carboxylic acids is 1. The fourth-order valence-electron chi connectivity index (χ4n) is 4.19. The van der Waals surface area contributed by atoms with Crippen molar-refractivity contribution in [2.24, 2.45) is 0 Å². The number of aliphatic hydroxyl groups is 1. The number of β-amino-alcohol motifs (C(OH)–C–C–N with tert-alkyl or cyclic N) is 1. The highest BCUT2D eigenvalue weighted by Gasteiger charge is 2.22. The van der Waals surface area contributed by atoms with Crippen LogP contribution in [0.3, 0.4) is 0 Å². The van der Waals surface area contributed by atoms with E-state index in [1.54, 1.807) is 12.1 Å². The summed E-state index contributed by atoms with van der Waals surface area (Å²) in [6.45, 7) is 3.75. The van der Waals surface area contributed by atoms with Gasteiger partial charge in [-0.15, -0.1) is 0 Å². The van der Waals surface area contributed by atoms with Gasteiger partial charge in [0, 0.05) is 39.1 Å². The normalized spacial score (nSPS) is 16.1. The summed E-state index contributed by atoms with van der Waals surface area (Å²) in [6.07, 6.45) is 0.197. The lowest BCUT2D eigenvalue weighted by Gasteiger charge is -2.37. The molecule has 1 aliphatic heterocycles. The third-order valence-electron chi connectivity index (χ3n) is 5.65. The molecule has 29 heavy (non-hydrogen) atoms. The fourth-order valence-corrected chi connectivity index (χ4v) is 4.19. The van der Waals surface area contributed by atoms with E-state index in [0.29, 0.717) is 18.5 Å². The minimum absolute atomic E-state index is 0.344. The molecule has 1 aliphatic rings. The summed E-state index contributed by atoms with van der Waals surface area (Å²) in [5.41, 5.74) is 2.29. The van der Waals surface area contributed by atoms with Crippen molar-refractivity contribution in [3.8, 4) is 0 Å². The van der Waals surface area contributed by atoms with E-state index in [1.807, 2.05) is 30.3 Å². The van der Waals surface area contributed by atoms with Gasteiger partial charge in [-0.25, -0.2) is 4.79 Å². The van der Waals surface area contributed by atoms with Gasteiger partial charge in [-0.2, -0.15) is 0 Å². The smallest absolute Gasteiger partial charge is 0.337 e. The van der Waals surface area contributed by atoms with Crippen LogP contribution in [0.2, 0.25) is 0 Å². The lowest BCUT2D eigenvalue weighted by Crippen LogP contribution is -2.49. The zero-order chi connectivity index (χ0) is 20.2. The van der Waals surface area contributed by atoms with Crippen molar-refractivity contribution in [2.75, 3.05) is 37.6 Å². The summed E-state index contributed by atoms with van der Waals surface area (Å²) in [5.74, 6) is -0.895. The summed E-state index contributed by atoms with van der Waals surface area (Å²) in [7, 11) is 0. The Kier molecular flexibility index (Phi) is 5.79. The molecule has 4 rings (SSSR count). The molecule has 5 nitrogen and oxygen atoms in total. The van der Waals surface area contributed by atoms with Gasteiger partial charge in [-0.3, -0.25) is 4.90 Å². The molecule has 1 saturated heterocycles. The van der Waals surface area contributed by atoms with Crippen LogP contribution in [-0.2, 0) is 6.42 Å². The second-order valence-corrected chi connectivity index (χ2v) is 7.61. The summed E-state index contributed by atoms with van der Waals surface area (Å²) in [5, 5.41) is 22.5. The van der Waals surface area contributed by atoms with Gasteiger partial charge in [-0.1, -0.05) is 54.6 Å². The van der Waals surface area contributed by atoms with Crippen LogP contribution in [0.25, 0.3) is 10.8 Å². The average molecular weight is 390 g/mol. The molecule has 1 atom stereocenters. The van der Waals surface area contributed by atoms with Crippen LogP contribution in [0.4, 0.5) is 5.69 Å². The van der Waals surface area contributed by atoms with Crippen LogP contribution < -0.4 is 4.90 Å². The maximum absolute atomic E-state index is 11.5. The number of aromatic carboxylic acids is 1. The average Bonchev–Trinajstić information content (AvgIpc) is 2.74. The number of carboxylic acid groups (broad SMARTS) is 1. The van der Waals surface area contributed by atoms with E-state index in [4.69, 9.17) is 0 Å². The zero-order valence-corrected chi connectivity index (χ0v) is 16.4. The lowest BCUT2D eigenvalue weighted by atomic mass is 9.99. The summed E-state index contributed by atoms with van der Waals surface area (Å²) < 4.78 is 0. The Hall–Kier alpha value is -2.89. The molecule has 5 heteroatoms. The number of carbonyl (C=O) groups is 1. The summed E-state index contributed by atoms with van der Waals surface area (Å²) >= 11 is 0. The number of fused-ring (bicyclic) bond motifs is 1. The minimum atomic E-state index is -0.895. The van der Waals surface area contributed by atoms with E-state index < -0.39 is 12.1 Å². The quantitative estimate of drug-likeness (QED) is 0.676. The second-order valence-electron chi connectivity index (χ2n) is 7.61.